The molecule has 4 rings (SSSR count). The Labute approximate surface area is 195 Å². The highest BCUT2D eigenvalue weighted by Gasteiger charge is 2.33. The molecule has 1 aliphatic rings. The van der Waals surface area contributed by atoms with Crippen molar-refractivity contribution in [3.05, 3.63) is 102 Å². The maximum Gasteiger partial charge on any atom is 0.338 e. The summed E-state index contributed by atoms with van der Waals surface area (Å²) in [7, 11) is 0. The van der Waals surface area contributed by atoms with Gasteiger partial charge in [-0.2, -0.15) is 0 Å². The molecule has 0 saturated heterocycles. The van der Waals surface area contributed by atoms with Gasteiger partial charge in [0.15, 0.2) is 4.80 Å². The molecule has 0 N–H and O–H groups in total. The Hall–Kier alpha value is -3.32. The first kappa shape index (κ1) is 22.9. The van der Waals surface area contributed by atoms with Gasteiger partial charge in [0.25, 0.3) is 5.56 Å². The smallest absolute Gasteiger partial charge is 0.338 e. The van der Waals surface area contributed by atoms with E-state index in [9.17, 15) is 14.0 Å². The third-order valence-electron chi connectivity index (χ3n) is 5.60. The highest BCUT2D eigenvalue weighted by Crippen LogP contribution is 2.31. The summed E-state index contributed by atoms with van der Waals surface area (Å²) in [4.78, 5) is 31.5. The quantitative estimate of drug-likeness (QED) is 0.535. The molecule has 0 amide bonds. The number of thiazole rings is 1. The predicted octanol–water partition coefficient (Wildman–Crippen LogP) is 4.06. The Balaban J connectivity index is 1.92. The van der Waals surface area contributed by atoms with Crippen molar-refractivity contribution in [3.63, 3.8) is 0 Å². The number of carbonyl (C=O) groups excluding carboxylic acids is 1. The zero-order valence-corrected chi connectivity index (χ0v) is 19.8. The van der Waals surface area contributed by atoms with Crippen molar-refractivity contribution in [2.24, 2.45) is 4.99 Å². The van der Waals surface area contributed by atoms with Gasteiger partial charge in [-0.1, -0.05) is 61.6 Å². The second kappa shape index (κ2) is 9.27. The van der Waals surface area contributed by atoms with Gasteiger partial charge >= 0.3 is 5.97 Å². The number of rotatable bonds is 5. The largest absolute Gasteiger partial charge is 0.463 e. The number of allylic oxidation sites excluding steroid dienone is 1. The Morgan fingerprint density at radius 2 is 1.85 bits per heavy atom. The van der Waals surface area contributed by atoms with E-state index in [0.29, 0.717) is 32.1 Å². The second-order valence-corrected chi connectivity index (χ2v) is 9.18. The summed E-state index contributed by atoms with van der Waals surface area (Å²) in [6, 6.07) is 13.2. The Bertz CT molecular complexity index is 1400. The minimum atomic E-state index is -0.642. The fourth-order valence-corrected chi connectivity index (χ4v) is 4.93. The van der Waals surface area contributed by atoms with Crippen molar-refractivity contribution >= 4 is 23.4 Å². The summed E-state index contributed by atoms with van der Waals surface area (Å²) in [5.41, 5.74) is 3.32. The maximum atomic E-state index is 13.5. The summed E-state index contributed by atoms with van der Waals surface area (Å²) in [6.45, 7) is 7.96. The third kappa shape index (κ3) is 4.46. The number of benzene rings is 2. The molecule has 5 nitrogen and oxygen atoms in total. The zero-order chi connectivity index (χ0) is 23.7. The fraction of sp³-hybridized carbons (Fsp3) is 0.269. The van der Waals surface area contributed by atoms with Crippen LogP contribution in [0.2, 0.25) is 0 Å². The van der Waals surface area contributed by atoms with Crippen molar-refractivity contribution in [2.75, 3.05) is 6.61 Å². The third-order valence-corrected chi connectivity index (χ3v) is 6.59. The summed E-state index contributed by atoms with van der Waals surface area (Å²) in [5.74, 6) is -0.462. The molecule has 3 aromatic rings. The first-order valence-corrected chi connectivity index (χ1v) is 11.7. The van der Waals surface area contributed by atoms with E-state index >= 15 is 0 Å². The van der Waals surface area contributed by atoms with E-state index in [1.54, 1.807) is 36.6 Å². The van der Waals surface area contributed by atoms with E-state index in [0.717, 1.165) is 5.56 Å². The molecule has 1 aromatic heterocycles. The molecule has 0 saturated carbocycles. The van der Waals surface area contributed by atoms with Gasteiger partial charge in [-0.15, -0.1) is 0 Å². The molecule has 0 aliphatic carbocycles. The molecule has 0 fully saturated rings. The minimum absolute atomic E-state index is 0.226. The molecule has 1 aliphatic heterocycles. The van der Waals surface area contributed by atoms with Crippen LogP contribution in [0.15, 0.2) is 69.6 Å². The monoisotopic (exact) mass is 464 g/mol. The molecule has 170 valence electrons. The molecule has 0 bridgehead atoms. The molecule has 2 heterocycles. The highest BCUT2D eigenvalue weighted by molar-refractivity contribution is 7.07. The van der Waals surface area contributed by atoms with E-state index in [4.69, 9.17) is 4.74 Å². The molecule has 1 unspecified atom stereocenters. The van der Waals surface area contributed by atoms with Crippen LogP contribution in [0.3, 0.4) is 0 Å². The topological polar surface area (TPSA) is 60.7 Å². The van der Waals surface area contributed by atoms with Gasteiger partial charge in [0, 0.05) is 0 Å². The van der Waals surface area contributed by atoms with Crippen LogP contribution in [0.25, 0.3) is 6.08 Å². The van der Waals surface area contributed by atoms with E-state index in [1.165, 1.54) is 29.0 Å². The van der Waals surface area contributed by atoms with Crippen molar-refractivity contribution in [1.29, 1.82) is 0 Å². The van der Waals surface area contributed by atoms with Crippen LogP contribution in [-0.4, -0.2) is 17.1 Å². The van der Waals surface area contributed by atoms with Crippen LogP contribution in [0, 0.1) is 5.82 Å². The molecular weight excluding hydrogens is 439 g/mol. The maximum absolute atomic E-state index is 13.5. The van der Waals surface area contributed by atoms with Crippen molar-refractivity contribution in [2.45, 2.75) is 39.7 Å². The normalized spacial score (nSPS) is 16.1. The van der Waals surface area contributed by atoms with Gasteiger partial charge in [0.05, 0.1) is 28.5 Å². The second-order valence-electron chi connectivity index (χ2n) is 8.18. The Morgan fingerprint density at radius 1 is 1.18 bits per heavy atom. The van der Waals surface area contributed by atoms with Crippen LogP contribution >= 0.6 is 11.3 Å². The van der Waals surface area contributed by atoms with Gasteiger partial charge < -0.3 is 4.74 Å². The number of esters is 1. The van der Waals surface area contributed by atoms with Gasteiger partial charge in [0.1, 0.15) is 5.82 Å². The Morgan fingerprint density at radius 3 is 2.45 bits per heavy atom. The van der Waals surface area contributed by atoms with Crippen LogP contribution in [0.4, 0.5) is 4.39 Å². The molecule has 2 aromatic carbocycles. The first-order chi connectivity index (χ1) is 15.8. The van der Waals surface area contributed by atoms with Gasteiger partial charge in [0.2, 0.25) is 0 Å². The summed E-state index contributed by atoms with van der Waals surface area (Å²) in [5, 5.41) is 0. The zero-order valence-electron chi connectivity index (χ0n) is 19.0. The molecule has 0 radical (unpaired) electrons. The number of hydrogen-bond acceptors (Lipinski definition) is 5. The predicted molar refractivity (Wildman–Crippen MR) is 127 cm³/mol. The van der Waals surface area contributed by atoms with E-state index in [1.807, 2.05) is 24.3 Å². The molecule has 7 heteroatoms. The molecule has 33 heavy (non-hydrogen) atoms. The lowest BCUT2D eigenvalue weighted by atomic mass is 9.93. The van der Waals surface area contributed by atoms with Crippen molar-refractivity contribution in [3.8, 4) is 0 Å². The minimum Gasteiger partial charge on any atom is -0.463 e. The summed E-state index contributed by atoms with van der Waals surface area (Å²) >= 11 is 1.25. The number of ether oxygens (including phenoxy) is 1. The van der Waals surface area contributed by atoms with E-state index in [-0.39, 0.29) is 18.0 Å². The van der Waals surface area contributed by atoms with Gasteiger partial charge in [-0.05, 0) is 54.7 Å². The standard InChI is InChI=1S/C26H25FN2O3S/c1-5-32-25(31)22-16(4)28-26-29(23(22)19-10-8-18(9-11-19)15(2)3)24(30)21(33-26)14-17-6-12-20(27)13-7-17/h6-15,23H,5H2,1-4H3/b21-14-. The number of fused-ring (bicyclic) bond motifs is 1. The Kier molecular flexibility index (Phi) is 6.42. The van der Waals surface area contributed by atoms with Crippen molar-refractivity contribution < 1.29 is 13.9 Å². The fourth-order valence-electron chi connectivity index (χ4n) is 3.88. The van der Waals surface area contributed by atoms with E-state index in [2.05, 4.69) is 18.8 Å². The molecular formula is C26H25FN2O3S. The lowest BCUT2D eigenvalue weighted by Gasteiger charge is -2.25. The van der Waals surface area contributed by atoms with Gasteiger partial charge in [-0.25, -0.2) is 14.2 Å². The van der Waals surface area contributed by atoms with Crippen LogP contribution in [-0.2, 0) is 9.53 Å². The number of halogens is 1. The van der Waals surface area contributed by atoms with E-state index < -0.39 is 12.0 Å². The summed E-state index contributed by atoms with van der Waals surface area (Å²) < 4.78 is 20.6. The molecule has 0 spiro atoms. The van der Waals surface area contributed by atoms with Crippen LogP contribution in [0.1, 0.15) is 56.3 Å². The van der Waals surface area contributed by atoms with Crippen LogP contribution < -0.4 is 14.9 Å². The average Bonchev–Trinajstić information content (AvgIpc) is 3.09. The average molecular weight is 465 g/mol. The highest BCUT2D eigenvalue weighted by atomic mass is 32.1. The van der Waals surface area contributed by atoms with Crippen LogP contribution in [0.5, 0.6) is 0 Å². The lowest BCUT2D eigenvalue weighted by Crippen LogP contribution is -2.39. The molecule has 1 atom stereocenters. The number of nitrogens with zero attached hydrogens (tertiary/aromatic N) is 2. The number of hydrogen-bond donors (Lipinski definition) is 0. The first-order valence-electron chi connectivity index (χ1n) is 10.8. The van der Waals surface area contributed by atoms with Gasteiger partial charge in [-0.3, -0.25) is 9.36 Å². The van der Waals surface area contributed by atoms with Crippen molar-refractivity contribution in [1.82, 2.24) is 4.57 Å². The number of aromatic nitrogens is 1. The summed E-state index contributed by atoms with van der Waals surface area (Å²) in [6.07, 6.45) is 1.71. The lowest BCUT2D eigenvalue weighted by molar-refractivity contribution is -0.139. The number of carbonyl (C=O) groups is 1. The SMILES string of the molecule is CCOC(=O)C1=C(C)N=c2s/c(=C\c3ccc(F)cc3)c(=O)n2C1c1ccc(C(C)C)cc1.